The van der Waals surface area contributed by atoms with E-state index < -0.39 is 5.97 Å². The van der Waals surface area contributed by atoms with Crippen LogP contribution in [0.3, 0.4) is 0 Å². The molecule has 0 bridgehead atoms. The lowest BCUT2D eigenvalue weighted by atomic mass is 9.84. The van der Waals surface area contributed by atoms with E-state index in [1.807, 2.05) is 23.6 Å². The number of hydrogen-bond acceptors (Lipinski definition) is 6. The summed E-state index contributed by atoms with van der Waals surface area (Å²) in [7, 11) is 1.64. The van der Waals surface area contributed by atoms with Crippen molar-refractivity contribution in [3.8, 4) is 22.8 Å². The van der Waals surface area contributed by atoms with Gasteiger partial charge in [-0.2, -0.15) is 0 Å². The molecule has 0 atom stereocenters. The van der Waals surface area contributed by atoms with Crippen molar-refractivity contribution in [3.05, 3.63) is 88.8 Å². The van der Waals surface area contributed by atoms with Crippen LogP contribution in [0.15, 0.2) is 72.1 Å². The van der Waals surface area contributed by atoms with Crippen molar-refractivity contribution >= 4 is 28.1 Å². The third-order valence-electron chi connectivity index (χ3n) is 6.80. The van der Waals surface area contributed by atoms with E-state index in [1.165, 1.54) is 49.0 Å². The van der Waals surface area contributed by atoms with Crippen LogP contribution in [0.1, 0.15) is 59.5 Å². The van der Waals surface area contributed by atoms with Gasteiger partial charge >= 0.3 is 5.97 Å². The molecule has 1 aliphatic carbocycles. The fourth-order valence-electron chi connectivity index (χ4n) is 4.72. The summed E-state index contributed by atoms with van der Waals surface area (Å²) in [5.74, 6) is 1.21. The highest BCUT2D eigenvalue weighted by atomic mass is 32.1. The molecule has 1 aromatic heterocycles. The van der Waals surface area contributed by atoms with E-state index in [4.69, 9.17) is 19.6 Å². The van der Waals surface area contributed by atoms with E-state index in [9.17, 15) is 4.79 Å². The lowest BCUT2D eigenvalue weighted by molar-refractivity contribution is 0.0697. The summed E-state index contributed by atoms with van der Waals surface area (Å²) in [6.07, 6.45) is 6.62. The minimum atomic E-state index is -0.950. The Morgan fingerprint density at radius 2 is 1.78 bits per heavy atom. The second-order valence-corrected chi connectivity index (χ2v) is 10.1. The predicted molar refractivity (Wildman–Crippen MR) is 147 cm³/mol. The fraction of sp³-hybridized carbons (Fsp3) is 0.267. The zero-order chi connectivity index (χ0) is 25.6. The minimum Gasteiger partial charge on any atom is -0.497 e. The van der Waals surface area contributed by atoms with Gasteiger partial charge in [0.15, 0.2) is 5.13 Å². The van der Waals surface area contributed by atoms with Crippen LogP contribution >= 0.6 is 11.3 Å². The molecule has 1 heterocycles. The number of hydrogen-bond donors (Lipinski definition) is 2. The molecule has 0 saturated heterocycles. The average molecular weight is 515 g/mol. The van der Waals surface area contributed by atoms with Gasteiger partial charge in [-0.05, 0) is 72.4 Å². The lowest BCUT2D eigenvalue weighted by Crippen LogP contribution is -2.04. The van der Waals surface area contributed by atoms with Gasteiger partial charge in [0.2, 0.25) is 0 Å². The number of benzene rings is 3. The minimum absolute atomic E-state index is 0.243. The first-order valence-electron chi connectivity index (χ1n) is 12.5. The molecule has 2 N–H and O–H groups in total. The standard InChI is InChI=1S/C30H30N2O4S/c1-35-25-15-16-28(36-18-20-7-9-22(10-8-20)21-5-3-2-4-6-21)26(17-25)27-19-37-30(32-27)31-24-13-11-23(12-14-24)29(33)34/h7-17,19,21H,2-6,18H2,1H3,(H,31,32)(H,33,34). The molecule has 5 rings (SSSR count). The number of nitrogens with zero attached hydrogens (tertiary/aromatic N) is 1. The highest BCUT2D eigenvalue weighted by Gasteiger charge is 2.16. The third-order valence-corrected chi connectivity index (χ3v) is 7.56. The van der Waals surface area contributed by atoms with E-state index in [1.54, 1.807) is 31.4 Å². The molecular weight excluding hydrogens is 484 g/mol. The number of aromatic nitrogens is 1. The molecule has 37 heavy (non-hydrogen) atoms. The number of methoxy groups -OCH3 is 1. The average Bonchev–Trinajstić information content (AvgIpc) is 3.41. The van der Waals surface area contributed by atoms with E-state index in [-0.39, 0.29) is 5.56 Å². The summed E-state index contributed by atoms with van der Waals surface area (Å²) in [6, 6.07) is 21.2. The maximum atomic E-state index is 11.1. The first-order valence-corrected chi connectivity index (χ1v) is 13.4. The van der Waals surface area contributed by atoms with Gasteiger partial charge in [-0.3, -0.25) is 0 Å². The van der Waals surface area contributed by atoms with Crippen LogP contribution in [0, 0.1) is 0 Å². The molecule has 1 aliphatic rings. The van der Waals surface area contributed by atoms with Gasteiger partial charge in [0, 0.05) is 16.6 Å². The van der Waals surface area contributed by atoms with Crippen LogP contribution in [0.5, 0.6) is 11.5 Å². The Morgan fingerprint density at radius 1 is 1.03 bits per heavy atom. The molecule has 190 valence electrons. The summed E-state index contributed by atoms with van der Waals surface area (Å²) in [6.45, 7) is 0.468. The molecule has 4 aromatic rings. The monoisotopic (exact) mass is 514 g/mol. The fourth-order valence-corrected chi connectivity index (χ4v) is 5.45. The number of carbonyl (C=O) groups is 1. The Kier molecular flexibility index (Phi) is 7.70. The summed E-state index contributed by atoms with van der Waals surface area (Å²) in [5.41, 5.74) is 5.21. The van der Waals surface area contributed by atoms with Gasteiger partial charge in [0.1, 0.15) is 18.1 Å². The molecule has 1 saturated carbocycles. The molecule has 7 heteroatoms. The van der Waals surface area contributed by atoms with E-state index in [0.717, 1.165) is 34.0 Å². The third kappa shape index (κ3) is 6.12. The van der Waals surface area contributed by atoms with Crippen LogP contribution < -0.4 is 14.8 Å². The van der Waals surface area contributed by atoms with Crippen LogP contribution in [0.2, 0.25) is 0 Å². The van der Waals surface area contributed by atoms with Crippen molar-refractivity contribution in [2.45, 2.75) is 44.6 Å². The number of nitrogens with one attached hydrogen (secondary N) is 1. The van der Waals surface area contributed by atoms with E-state index >= 15 is 0 Å². The van der Waals surface area contributed by atoms with Gasteiger partial charge in [0.25, 0.3) is 0 Å². The maximum Gasteiger partial charge on any atom is 0.335 e. The molecule has 6 nitrogen and oxygen atoms in total. The topological polar surface area (TPSA) is 80.7 Å². The second kappa shape index (κ2) is 11.5. The molecule has 1 fully saturated rings. The summed E-state index contributed by atoms with van der Waals surface area (Å²) in [5, 5.41) is 15.0. The molecule has 0 aliphatic heterocycles. The Morgan fingerprint density at radius 3 is 2.49 bits per heavy atom. The predicted octanol–water partition coefficient (Wildman–Crippen LogP) is 7.89. The number of rotatable bonds is 9. The van der Waals surface area contributed by atoms with Crippen LogP contribution in [0.25, 0.3) is 11.3 Å². The highest BCUT2D eigenvalue weighted by Crippen LogP contribution is 2.37. The molecule has 0 radical (unpaired) electrons. The molecule has 0 amide bonds. The first-order chi connectivity index (χ1) is 18.1. The lowest BCUT2D eigenvalue weighted by Gasteiger charge is -2.22. The number of carboxylic acids is 1. The zero-order valence-corrected chi connectivity index (χ0v) is 21.6. The maximum absolute atomic E-state index is 11.1. The SMILES string of the molecule is COc1ccc(OCc2ccc(C3CCCCC3)cc2)c(-c2csc(Nc3ccc(C(=O)O)cc3)n2)c1. The van der Waals surface area contributed by atoms with Gasteiger partial charge < -0.3 is 19.9 Å². The van der Waals surface area contributed by atoms with E-state index in [2.05, 4.69) is 29.6 Å². The van der Waals surface area contributed by atoms with Gasteiger partial charge in [-0.15, -0.1) is 11.3 Å². The van der Waals surface area contributed by atoms with Crippen molar-refractivity contribution in [2.24, 2.45) is 0 Å². The summed E-state index contributed by atoms with van der Waals surface area (Å²) in [4.78, 5) is 15.8. The van der Waals surface area contributed by atoms with Gasteiger partial charge in [0.05, 0.1) is 18.4 Å². The molecule has 0 unspecified atom stereocenters. The van der Waals surface area contributed by atoms with Gasteiger partial charge in [-0.25, -0.2) is 9.78 Å². The largest absolute Gasteiger partial charge is 0.497 e. The number of anilines is 2. The smallest absolute Gasteiger partial charge is 0.335 e. The van der Waals surface area contributed by atoms with Crippen LogP contribution in [-0.4, -0.2) is 23.2 Å². The number of ether oxygens (including phenoxy) is 2. The number of thiazole rings is 1. The van der Waals surface area contributed by atoms with Crippen LogP contribution in [0.4, 0.5) is 10.8 Å². The number of aromatic carboxylic acids is 1. The molecular formula is C30H30N2O4S. The normalized spacial score (nSPS) is 13.8. The number of carboxylic acid groups (broad SMARTS) is 1. The summed E-state index contributed by atoms with van der Waals surface area (Å²) < 4.78 is 11.7. The van der Waals surface area contributed by atoms with Crippen LogP contribution in [-0.2, 0) is 6.61 Å². The van der Waals surface area contributed by atoms with Gasteiger partial charge in [-0.1, -0.05) is 43.5 Å². The van der Waals surface area contributed by atoms with Crippen molar-refractivity contribution in [1.82, 2.24) is 4.98 Å². The van der Waals surface area contributed by atoms with E-state index in [0.29, 0.717) is 17.7 Å². The Bertz CT molecular complexity index is 1340. The quantitative estimate of drug-likeness (QED) is 0.236. The second-order valence-electron chi connectivity index (χ2n) is 9.27. The highest BCUT2D eigenvalue weighted by molar-refractivity contribution is 7.14. The van der Waals surface area contributed by atoms with Crippen molar-refractivity contribution < 1.29 is 19.4 Å². The van der Waals surface area contributed by atoms with Crippen molar-refractivity contribution in [1.29, 1.82) is 0 Å². The molecule has 3 aromatic carbocycles. The summed E-state index contributed by atoms with van der Waals surface area (Å²) >= 11 is 1.47. The Balaban J connectivity index is 1.29. The molecule has 0 spiro atoms. The van der Waals surface area contributed by atoms with Crippen molar-refractivity contribution in [3.63, 3.8) is 0 Å². The zero-order valence-electron chi connectivity index (χ0n) is 20.8. The Hall–Kier alpha value is -3.84. The van der Waals surface area contributed by atoms with Crippen molar-refractivity contribution in [2.75, 3.05) is 12.4 Å². The Labute approximate surface area is 220 Å². The first kappa shape index (κ1) is 24.8.